The van der Waals surface area contributed by atoms with Crippen molar-refractivity contribution in [3.8, 4) is 0 Å². The van der Waals surface area contributed by atoms with Crippen LogP contribution in [0.2, 0.25) is 0 Å². The highest BCUT2D eigenvalue weighted by molar-refractivity contribution is 4.77. The molecule has 3 atom stereocenters. The lowest BCUT2D eigenvalue weighted by Crippen LogP contribution is -2.35. The third-order valence-corrected chi connectivity index (χ3v) is 2.89. The first-order valence-corrected chi connectivity index (χ1v) is 5.77. The Labute approximate surface area is 92.0 Å². The van der Waals surface area contributed by atoms with Gasteiger partial charge >= 0.3 is 0 Å². The van der Waals surface area contributed by atoms with Gasteiger partial charge in [-0.3, -0.25) is 0 Å². The van der Waals surface area contributed by atoms with E-state index >= 15 is 0 Å². The van der Waals surface area contributed by atoms with E-state index in [9.17, 15) is 5.11 Å². The second-order valence-electron chi connectivity index (χ2n) is 4.13. The van der Waals surface area contributed by atoms with E-state index in [4.69, 9.17) is 9.47 Å². The molecule has 4 nitrogen and oxygen atoms in total. The van der Waals surface area contributed by atoms with E-state index in [-0.39, 0.29) is 0 Å². The predicted octanol–water partition coefficient (Wildman–Crippen LogP) is 0.398. The molecule has 1 rings (SSSR count). The zero-order valence-electron chi connectivity index (χ0n) is 9.74. The van der Waals surface area contributed by atoms with Crippen LogP contribution in [0.15, 0.2) is 0 Å². The van der Waals surface area contributed by atoms with Crippen LogP contribution < -0.4 is 5.32 Å². The third-order valence-electron chi connectivity index (χ3n) is 2.89. The van der Waals surface area contributed by atoms with Crippen LogP contribution in [-0.4, -0.2) is 50.7 Å². The fraction of sp³-hybridized carbons (Fsp3) is 1.00. The van der Waals surface area contributed by atoms with Crippen LogP contribution >= 0.6 is 0 Å². The summed E-state index contributed by atoms with van der Waals surface area (Å²) in [5.74, 6) is 0.602. The maximum atomic E-state index is 9.43. The second kappa shape index (κ2) is 7.17. The van der Waals surface area contributed by atoms with Gasteiger partial charge in [-0.1, -0.05) is 6.92 Å². The van der Waals surface area contributed by atoms with Crippen molar-refractivity contribution in [3.05, 3.63) is 0 Å². The molecular weight excluding hydrogens is 194 g/mol. The summed E-state index contributed by atoms with van der Waals surface area (Å²) in [5.41, 5.74) is 0. The molecule has 1 saturated heterocycles. The van der Waals surface area contributed by atoms with Crippen molar-refractivity contribution in [3.63, 3.8) is 0 Å². The number of aliphatic hydroxyl groups is 1. The maximum absolute atomic E-state index is 9.43. The summed E-state index contributed by atoms with van der Waals surface area (Å²) in [4.78, 5) is 0. The second-order valence-corrected chi connectivity index (χ2v) is 4.13. The van der Waals surface area contributed by atoms with E-state index in [1.807, 2.05) is 0 Å². The molecule has 0 spiro atoms. The molecule has 0 aromatic carbocycles. The quantitative estimate of drug-likeness (QED) is 0.648. The molecule has 0 aromatic heterocycles. The summed E-state index contributed by atoms with van der Waals surface area (Å²) in [7, 11) is 1.60. The maximum Gasteiger partial charge on any atom is 0.0897 e. The Hall–Kier alpha value is -0.160. The van der Waals surface area contributed by atoms with Gasteiger partial charge in [0.15, 0.2) is 0 Å². The standard InChI is InChI=1S/C11H23NO3/c1-3-11-9(4-5-15-11)6-12-7-10(13)8-14-2/h9-13H,3-8H2,1-2H3. The Morgan fingerprint density at radius 2 is 2.40 bits per heavy atom. The van der Waals surface area contributed by atoms with Crippen LogP contribution in [0.5, 0.6) is 0 Å². The van der Waals surface area contributed by atoms with E-state index < -0.39 is 6.10 Å². The lowest BCUT2D eigenvalue weighted by atomic mass is 10.00. The molecule has 1 fully saturated rings. The van der Waals surface area contributed by atoms with Crippen LogP contribution in [0.3, 0.4) is 0 Å². The average molecular weight is 217 g/mol. The molecule has 0 aromatic rings. The minimum Gasteiger partial charge on any atom is -0.389 e. The van der Waals surface area contributed by atoms with Crippen molar-refractivity contribution < 1.29 is 14.6 Å². The van der Waals surface area contributed by atoms with Gasteiger partial charge in [-0.05, 0) is 18.8 Å². The Morgan fingerprint density at radius 3 is 3.07 bits per heavy atom. The number of hydrogen-bond donors (Lipinski definition) is 2. The minimum atomic E-state index is -0.405. The summed E-state index contributed by atoms with van der Waals surface area (Å²) in [5, 5.41) is 12.7. The molecule has 2 N–H and O–H groups in total. The highest BCUT2D eigenvalue weighted by atomic mass is 16.5. The number of rotatable bonds is 7. The summed E-state index contributed by atoms with van der Waals surface area (Å²) in [6, 6.07) is 0. The van der Waals surface area contributed by atoms with E-state index in [2.05, 4.69) is 12.2 Å². The fourth-order valence-electron chi connectivity index (χ4n) is 2.06. The molecule has 1 aliphatic heterocycles. The number of aliphatic hydroxyl groups excluding tert-OH is 1. The van der Waals surface area contributed by atoms with E-state index in [0.717, 1.165) is 26.0 Å². The largest absolute Gasteiger partial charge is 0.389 e. The lowest BCUT2D eigenvalue weighted by molar-refractivity contribution is 0.0608. The first-order chi connectivity index (χ1) is 7.27. The van der Waals surface area contributed by atoms with Crippen molar-refractivity contribution in [1.29, 1.82) is 0 Å². The normalized spacial score (nSPS) is 28.2. The predicted molar refractivity (Wildman–Crippen MR) is 58.9 cm³/mol. The molecule has 1 heterocycles. The topological polar surface area (TPSA) is 50.7 Å². The van der Waals surface area contributed by atoms with Crippen molar-refractivity contribution in [2.75, 3.05) is 33.4 Å². The van der Waals surface area contributed by atoms with Crippen LogP contribution in [0.1, 0.15) is 19.8 Å². The number of hydrogen-bond acceptors (Lipinski definition) is 4. The van der Waals surface area contributed by atoms with Gasteiger partial charge < -0.3 is 19.9 Å². The molecule has 4 heteroatoms. The summed E-state index contributed by atoms with van der Waals surface area (Å²) < 4.78 is 10.4. The van der Waals surface area contributed by atoms with Crippen LogP contribution in [0.4, 0.5) is 0 Å². The number of ether oxygens (including phenoxy) is 2. The molecule has 15 heavy (non-hydrogen) atoms. The van der Waals surface area contributed by atoms with Crippen molar-refractivity contribution in [2.24, 2.45) is 5.92 Å². The zero-order valence-corrected chi connectivity index (χ0v) is 9.74. The Bertz CT molecular complexity index is 166. The molecule has 0 aliphatic carbocycles. The van der Waals surface area contributed by atoms with Gasteiger partial charge in [-0.2, -0.15) is 0 Å². The zero-order chi connectivity index (χ0) is 11.1. The van der Waals surface area contributed by atoms with Crippen molar-refractivity contribution in [2.45, 2.75) is 32.0 Å². The average Bonchev–Trinajstić information content (AvgIpc) is 2.66. The van der Waals surface area contributed by atoms with Gasteiger partial charge in [0.2, 0.25) is 0 Å². The fourth-order valence-corrected chi connectivity index (χ4v) is 2.06. The summed E-state index contributed by atoms with van der Waals surface area (Å²) in [6.07, 6.45) is 2.20. The van der Waals surface area contributed by atoms with Crippen molar-refractivity contribution in [1.82, 2.24) is 5.32 Å². The van der Waals surface area contributed by atoms with Crippen LogP contribution in [-0.2, 0) is 9.47 Å². The molecule has 90 valence electrons. The van der Waals surface area contributed by atoms with Gasteiger partial charge in [0.25, 0.3) is 0 Å². The molecule has 0 saturated carbocycles. The Morgan fingerprint density at radius 1 is 1.60 bits per heavy atom. The Balaban J connectivity index is 2.08. The molecular formula is C11H23NO3. The summed E-state index contributed by atoms with van der Waals surface area (Å²) >= 11 is 0. The Kier molecular flexibility index (Phi) is 6.17. The monoisotopic (exact) mass is 217 g/mol. The van der Waals surface area contributed by atoms with E-state index in [1.165, 1.54) is 0 Å². The highest BCUT2D eigenvalue weighted by Crippen LogP contribution is 2.22. The summed E-state index contributed by atoms with van der Waals surface area (Å²) in [6.45, 7) is 4.96. The van der Waals surface area contributed by atoms with Gasteiger partial charge in [0.05, 0.1) is 18.8 Å². The molecule has 3 unspecified atom stereocenters. The van der Waals surface area contributed by atoms with Crippen LogP contribution in [0, 0.1) is 5.92 Å². The van der Waals surface area contributed by atoms with Gasteiger partial charge in [-0.15, -0.1) is 0 Å². The molecule has 0 amide bonds. The molecule has 0 bridgehead atoms. The van der Waals surface area contributed by atoms with E-state index in [0.29, 0.717) is 25.2 Å². The minimum absolute atomic E-state index is 0.394. The van der Waals surface area contributed by atoms with Gasteiger partial charge in [0, 0.05) is 26.8 Å². The van der Waals surface area contributed by atoms with Gasteiger partial charge in [0.1, 0.15) is 0 Å². The number of methoxy groups -OCH3 is 1. The first kappa shape index (κ1) is 12.9. The third kappa shape index (κ3) is 4.47. The molecule has 1 aliphatic rings. The van der Waals surface area contributed by atoms with Gasteiger partial charge in [-0.25, -0.2) is 0 Å². The molecule has 0 radical (unpaired) electrons. The number of nitrogens with one attached hydrogen (secondary N) is 1. The van der Waals surface area contributed by atoms with Crippen molar-refractivity contribution >= 4 is 0 Å². The smallest absolute Gasteiger partial charge is 0.0897 e. The van der Waals surface area contributed by atoms with E-state index in [1.54, 1.807) is 7.11 Å². The SMILES string of the molecule is CCC1OCCC1CNCC(O)COC. The van der Waals surface area contributed by atoms with Crippen LogP contribution in [0.25, 0.3) is 0 Å². The lowest BCUT2D eigenvalue weighted by Gasteiger charge is -2.18. The first-order valence-electron chi connectivity index (χ1n) is 5.77. The highest BCUT2D eigenvalue weighted by Gasteiger charge is 2.26.